The summed E-state index contributed by atoms with van der Waals surface area (Å²) in [7, 11) is 0. The van der Waals surface area contributed by atoms with Gasteiger partial charge >= 0.3 is 0 Å². The van der Waals surface area contributed by atoms with Crippen molar-refractivity contribution in [2.24, 2.45) is 5.92 Å². The monoisotopic (exact) mass is 257 g/mol. The molecule has 2 aliphatic heterocycles. The topological polar surface area (TPSA) is 41.5 Å². The number of rotatable bonds is 4. The normalized spacial score (nSPS) is 39.7. The SMILES string of the molecule is OC(CNC1CC1)C1CCOC2(CCSC2)C1. The van der Waals surface area contributed by atoms with Crippen molar-refractivity contribution >= 4 is 11.8 Å². The van der Waals surface area contributed by atoms with E-state index in [1.807, 2.05) is 11.8 Å². The van der Waals surface area contributed by atoms with Crippen LogP contribution < -0.4 is 5.32 Å². The van der Waals surface area contributed by atoms with Crippen molar-refractivity contribution in [1.82, 2.24) is 5.32 Å². The van der Waals surface area contributed by atoms with Crippen LogP contribution in [0, 0.1) is 5.92 Å². The summed E-state index contributed by atoms with van der Waals surface area (Å²) < 4.78 is 5.99. The van der Waals surface area contributed by atoms with Crippen molar-refractivity contribution in [3.8, 4) is 0 Å². The lowest BCUT2D eigenvalue weighted by atomic mass is 9.82. The molecule has 1 saturated carbocycles. The zero-order chi connectivity index (χ0) is 11.7. The third kappa shape index (κ3) is 2.98. The average Bonchev–Trinajstić information content (AvgIpc) is 3.08. The number of aliphatic hydroxyl groups is 1. The molecule has 3 aliphatic rings. The maximum Gasteiger partial charge on any atom is 0.0783 e. The van der Waals surface area contributed by atoms with Crippen LogP contribution in [-0.2, 0) is 4.74 Å². The molecule has 0 bridgehead atoms. The summed E-state index contributed by atoms with van der Waals surface area (Å²) in [4.78, 5) is 0. The van der Waals surface area contributed by atoms with E-state index in [4.69, 9.17) is 4.74 Å². The van der Waals surface area contributed by atoms with Crippen LogP contribution in [0.5, 0.6) is 0 Å². The second kappa shape index (κ2) is 5.08. The van der Waals surface area contributed by atoms with E-state index in [-0.39, 0.29) is 11.7 Å². The second-order valence-corrected chi connectivity index (χ2v) is 6.94. The summed E-state index contributed by atoms with van der Waals surface area (Å²) in [6.07, 6.45) is 5.67. The number of hydrogen-bond acceptors (Lipinski definition) is 4. The van der Waals surface area contributed by atoms with Gasteiger partial charge in [-0.2, -0.15) is 11.8 Å². The predicted molar refractivity (Wildman–Crippen MR) is 70.4 cm³/mol. The van der Waals surface area contributed by atoms with E-state index in [2.05, 4.69) is 5.32 Å². The van der Waals surface area contributed by atoms with Gasteiger partial charge in [-0.3, -0.25) is 0 Å². The van der Waals surface area contributed by atoms with Crippen molar-refractivity contribution in [1.29, 1.82) is 0 Å². The fraction of sp³-hybridized carbons (Fsp3) is 1.00. The van der Waals surface area contributed by atoms with E-state index < -0.39 is 0 Å². The first kappa shape index (κ1) is 12.3. The Balaban J connectivity index is 1.51. The maximum atomic E-state index is 10.3. The summed E-state index contributed by atoms with van der Waals surface area (Å²) in [5.41, 5.74) is 0.105. The standard InChI is InChI=1S/C13H23NO2S/c15-12(8-14-11-1-2-11)10-3-5-16-13(7-10)4-6-17-9-13/h10-12,14-15H,1-9H2. The predicted octanol–water partition coefficient (Wildman–Crippen LogP) is 1.40. The Hall–Kier alpha value is 0.230. The first-order valence-electron chi connectivity index (χ1n) is 6.91. The van der Waals surface area contributed by atoms with Gasteiger partial charge in [0.25, 0.3) is 0 Å². The van der Waals surface area contributed by atoms with E-state index >= 15 is 0 Å². The van der Waals surface area contributed by atoms with Crippen molar-refractivity contribution < 1.29 is 9.84 Å². The van der Waals surface area contributed by atoms with Gasteiger partial charge in [-0.1, -0.05) is 0 Å². The maximum absolute atomic E-state index is 10.3. The number of nitrogens with one attached hydrogen (secondary N) is 1. The van der Waals surface area contributed by atoms with Gasteiger partial charge in [-0.05, 0) is 43.8 Å². The van der Waals surface area contributed by atoms with Crippen molar-refractivity contribution in [3.63, 3.8) is 0 Å². The third-order valence-corrected chi connectivity index (χ3v) is 5.56. The van der Waals surface area contributed by atoms with Crippen LogP contribution in [0.4, 0.5) is 0 Å². The van der Waals surface area contributed by atoms with Crippen LogP contribution in [0.2, 0.25) is 0 Å². The fourth-order valence-corrected chi connectivity index (χ4v) is 4.38. The number of thioether (sulfide) groups is 1. The summed E-state index contributed by atoms with van der Waals surface area (Å²) >= 11 is 2.00. The average molecular weight is 257 g/mol. The minimum Gasteiger partial charge on any atom is -0.392 e. The minimum atomic E-state index is -0.179. The lowest BCUT2D eigenvalue weighted by Crippen LogP contribution is -2.45. The molecule has 0 aromatic rings. The molecule has 3 atom stereocenters. The van der Waals surface area contributed by atoms with Crippen LogP contribution in [-0.4, -0.2) is 47.5 Å². The number of hydrogen-bond donors (Lipinski definition) is 2. The van der Waals surface area contributed by atoms with Gasteiger partial charge in [-0.25, -0.2) is 0 Å². The highest BCUT2D eigenvalue weighted by molar-refractivity contribution is 7.99. The molecule has 0 aromatic heterocycles. The molecule has 0 amide bonds. The Morgan fingerprint density at radius 3 is 3.00 bits per heavy atom. The van der Waals surface area contributed by atoms with E-state index in [1.54, 1.807) is 0 Å². The van der Waals surface area contributed by atoms with Crippen LogP contribution in [0.25, 0.3) is 0 Å². The van der Waals surface area contributed by atoms with E-state index in [9.17, 15) is 5.11 Å². The highest BCUT2D eigenvalue weighted by Gasteiger charge is 2.42. The van der Waals surface area contributed by atoms with Crippen molar-refractivity contribution in [2.75, 3.05) is 24.7 Å². The highest BCUT2D eigenvalue weighted by atomic mass is 32.2. The van der Waals surface area contributed by atoms with Crippen LogP contribution in [0.1, 0.15) is 32.1 Å². The second-order valence-electron chi connectivity index (χ2n) is 5.84. The van der Waals surface area contributed by atoms with Crippen molar-refractivity contribution in [2.45, 2.75) is 49.9 Å². The Morgan fingerprint density at radius 2 is 2.29 bits per heavy atom. The summed E-state index contributed by atoms with van der Waals surface area (Å²) in [5.74, 6) is 2.80. The van der Waals surface area contributed by atoms with Crippen LogP contribution in [0.15, 0.2) is 0 Å². The summed E-state index contributed by atoms with van der Waals surface area (Å²) in [6, 6.07) is 0.695. The van der Waals surface area contributed by atoms with Gasteiger partial charge in [-0.15, -0.1) is 0 Å². The molecular weight excluding hydrogens is 234 g/mol. The lowest BCUT2D eigenvalue weighted by Gasteiger charge is -2.39. The van der Waals surface area contributed by atoms with Gasteiger partial charge in [0.2, 0.25) is 0 Å². The van der Waals surface area contributed by atoms with Crippen LogP contribution >= 0.6 is 11.8 Å². The summed E-state index contributed by atoms with van der Waals surface area (Å²) in [6.45, 7) is 1.62. The molecule has 3 unspecified atom stereocenters. The zero-order valence-corrected chi connectivity index (χ0v) is 11.2. The molecule has 1 spiro atoms. The zero-order valence-electron chi connectivity index (χ0n) is 10.4. The molecule has 0 radical (unpaired) electrons. The molecule has 3 nitrogen and oxygen atoms in total. The molecule has 2 N–H and O–H groups in total. The Bertz CT molecular complexity index is 264. The summed E-state index contributed by atoms with van der Waals surface area (Å²) in [5, 5.41) is 13.7. The molecule has 0 aromatic carbocycles. The first-order valence-corrected chi connectivity index (χ1v) is 8.06. The molecule has 98 valence electrons. The molecule has 17 heavy (non-hydrogen) atoms. The van der Waals surface area contributed by atoms with Gasteiger partial charge in [0, 0.05) is 24.9 Å². The van der Waals surface area contributed by atoms with Gasteiger partial charge in [0.05, 0.1) is 11.7 Å². The first-order chi connectivity index (χ1) is 8.27. The van der Waals surface area contributed by atoms with Crippen molar-refractivity contribution in [3.05, 3.63) is 0 Å². The van der Waals surface area contributed by atoms with Gasteiger partial charge in [0.15, 0.2) is 0 Å². The van der Waals surface area contributed by atoms with E-state index in [0.717, 1.165) is 31.7 Å². The number of aliphatic hydroxyl groups excluding tert-OH is 1. The molecule has 2 heterocycles. The van der Waals surface area contributed by atoms with Crippen LogP contribution in [0.3, 0.4) is 0 Å². The van der Waals surface area contributed by atoms with Gasteiger partial charge < -0.3 is 15.2 Å². The number of ether oxygens (including phenoxy) is 1. The molecule has 1 aliphatic carbocycles. The molecular formula is C13H23NO2S. The Labute approximate surface area is 108 Å². The molecule has 4 heteroatoms. The van der Waals surface area contributed by atoms with E-state index in [1.165, 1.54) is 25.0 Å². The van der Waals surface area contributed by atoms with E-state index in [0.29, 0.717) is 12.0 Å². The Morgan fingerprint density at radius 1 is 1.41 bits per heavy atom. The molecule has 3 fully saturated rings. The van der Waals surface area contributed by atoms with Gasteiger partial charge in [0.1, 0.15) is 0 Å². The largest absolute Gasteiger partial charge is 0.392 e. The molecule has 3 rings (SSSR count). The minimum absolute atomic E-state index is 0.105. The fourth-order valence-electron chi connectivity index (χ4n) is 3.00. The smallest absolute Gasteiger partial charge is 0.0783 e. The Kier molecular flexibility index (Phi) is 3.67. The quantitative estimate of drug-likeness (QED) is 0.799. The third-order valence-electron chi connectivity index (χ3n) is 4.34. The lowest BCUT2D eigenvalue weighted by molar-refractivity contribution is -0.100. The highest BCUT2D eigenvalue weighted by Crippen LogP contribution is 2.41. The molecule has 2 saturated heterocycles.